The molecule has 1 rings (SSSR count). The lowest BCUT2D eigenvalue weighted by atomic mass is 10.2. The molecule has 1 aromatic rings. The molecule has 90 valence electrons. The summed E-state index contributed by atoms with van der Waals surface area (Å²) in [6.07, 6.45) is 0.860. The highest BCUT2D eigenvalue weighted by atomic mass is 16.3. The van der Waals surface area contributed by atoms with E-state index in [-0.39, 0.29) is 12.5 Å². The van der Waals surface area contributed by atoms with E-state index in [4.69, 9.17) is 5.11 Å². The predicted octanol–water partition coefficient (Wildman–Crippen LogP) is 1.27. The molecular weight excluding hydrogens is 214 g/mol. The van der Waals surface area contributed by atoms with E-state index in [1.807, 2.05) is 37.3 Å². The highest BCUT2D eigenvalue weighted by Crippen LogP contribution is 1.96. The minimum atomic E-state index is -0.232. The van der Waals surface area contributed by atoms with E-state index in [0.29, 0.717) is 13.1 Å². The van der Waals surface area contributed by atoms with Gasteiger partial charge in [0.2, 0.25) is 0 Å². The highest BCUT2D eigenvalue weighted by Gasteiger charge is 2.08. The maximum absolute atomic E-state index is 11.7. The summed E-state index contributed by atoms with van der Waals surface area (Å²) in [7, 11) is 0. The Bertz CT molecular complexity index is 397. The van der Waals surface area contributed by atoms with Crippen LogP contribution in [0.3, 0.4) is 0 Å². The van der Waals surface area contributed by atoms with Gasteiger partial charge in [-0.15, -0.1) is 0 Å². The smallest absolute Gasteiger partial charge is 0.298 e. The van der Waals surface area contributed by atoms with E-state index in [1.165, 1.54) is 0 Å². The maximum Gasteiger partial charge on any atom is 0.298 e. The topological polar surface area (TPSA) is 40.5 Å². The Hall–Kier alpha value is -1.79. The van der Waals surface area contributed by atoms with Gasteiger partial charge >= 0.3 is 0 Å². The van der Waals surface area contributed by atoms with Gasteiger partial charge in [-0.1, -0.05) is 31.0 Å². The van der Waals surface area contributed by atoms with Gasteiger partial charge in [0.15, 0.2) is 0 Å². The van der Waals surface area contributed by atoms with Crippen molar-refractivity contribution >= 4 is 5.91 Å². The maximum atomic E-state index is 11.7. The second-order valence-corrected chi connectivity index (χ2v) is 3.63. The standard InChI is InChI=1S/C14H17NO2/c1-2-10-15(11-12-16)14(17)9-8-13-6-4-3-5-7-13/h3-7,16H,2,10-12H2,1H3. The number of carbonyl (C=O) groups is 1. The van der Waals surface area contributed by atoms with Crippen LogP contribution in [0.1, 0.15) is 18.9 Å². The van der Waals surface area contributed by atoms with Crippen LogP contribution in [0.4, 0.5) is 0 Å². The summed E-state index contributed by atoms with van der Waals surface area (Å²) in [6.45, 7) is 2.93. The minimum absolute atomic E-state index is 0.0290. The minimum Gasteiger partial charge on any atom is -0.395 e. The van der Waals surface area contributed by atoms with Gasteiger partial charge in [0.05, 0.1) is 6.61 Å². The normalized spacial score (nSPS) is 9.29. The molecule has 0 aliphatic rings. The second-order valence-electron chi connectivity index (χ2n) is 3.63. The average Bonchev–Trinajstić information content (AvgIpc) is 2.37. The first kappa shape index (κ1) is 13.3. The molecule has 0 bridgehead atoms. The largest absolute Gasteiger partial charge is 0.395 e. The zero-order chi connectivity index (χ0) is 12.5. The molecular formula is C14H17NO2. The van der Waals surface area contributed by atoms with Crippen LogP contribution in [0.2, 0.25) is 0 Å². The lowest BCUT2D eigenvalue weighted by Crippen LogP contribution is -2.33. The van der Waals surface area contributed by atoms with Gasteiger partial charge < -0.3 is 10.0 Å². The molecule has 17 heavy (non-hydrogen) atoms. The van der Waals surface area contributed by atoms with Crippen molar-refractivity contribution in [2.24, 2.45) is 0 Å². The molecule has 0 fully saturated rings. The van der Waals surface area contributed by atoms with Crippen molar-refractivity contribution in [3.63, 3.8) is 0 Å². The fraction of sp³-hybridized carbons (Fsp3) is 0.357. The lowest BCUT2D eigenvalue weighted by Gasteiger charge is -2.17. The van der Waals surface area contributed by atoms with Crippen molar-refractivity contribution in [3.05, 3.63) is 35.9 Å². The van der Waals surface area contributed by atoms with E-state index < -0.39 is 0 Å². The van der Waals surface area contributed by atoms with Crippen LogP contribution >= 0.6 is 0 Å². The molecule has 1 amide bonds. The quantitative estimate of drug-likeness (QED) is 0.793. The number of amides is 1. The SMILES string of the molecule is CCCN(CCO)C(=O)C#Cc1ccccc1. The zero-order valence-electron chi connectivity index (χ0n) is 10.0. The molecule has 0 saturated heterocycles. The highest BCUT2D eigenvalue weighted by molar-refractivity contribution is 5.94. The molecule has 0 heterocycles. The molecule has 0 aromatic heterocycles. The molecule has 0 spiro atoms. The van der Waals surface area contributed by atoms with E-state index >= 15 is 0 Å². The van der Waals surface area contributed by atoms with E-state index in [1.54, 1.807) is 4.90 Å². The molecule has 0 aliphatic heterocycles. The van der Waals surface area contributed by atoms with Crippen molar-refractivity contribution in [2.75, 3.05) is 19.7 Å². The molecule has 0 saturated carbocycles. The first-order valence-electron chi connectivity index (χ1n) is 5.74. The summed E-state index contributed by atoms with van der Waals surface area (Å²) >= 11 is 0. The van der Waals surface area contributed by atoms with Gasteiger partial charge in [0.1, 0.15) is 0 Å². The lowest BCUT2D eigenvalue weighted by molar-refractivity contribution is -0.125. The van der Waals surface area contributed by atoms with E-state index in [9.17, 15) is 4.79 Å². The summed E-state index contributed by atoms with van der Waals surface area (Å²) in [5.74, 6) is 5.18. The Morgan fingerprint density at radius 1 is 1.29 bits per heavy atom. The van der Waals surface area contributed by atoms with Crippen LogP contribution in [0, 0.1) is 11.8 Å². The van der Waals surface area contributed by atoms with Gasteiger partial charge in [0.25, 0.3) is 5.91 Å². The number of aliphatic hydroxyl groups is 1. The molecule has 0 radical (unpaired) electrons. The molecule has 3 nitrogen and oxygen atoms in total. The predicted molar refractivity (Wildman–Crippen MR) is 67.3 cm³/mol. The number of benzene rings is 1. The van der Waals surface area contributed by atoms with Crippen LogP contribution < -0.4 is 0 Å². The third-order valence-corrected chi connectivity index (χ3v) is 2.24. The van der Waals surface area contributed by atoms with Crippen LogP contribution in [-0.4, -0.2) is 35.6 Å². The number of carbonyl (C=O) groups excluding carboxylic acids is 1. The van der Waals surface area contributed by atoms with Crippen LogP contribution in [0.25, 0.3) is 0 Å². The van der Waals surface area contributed by atoms with Crippen molar-refractivity contribution in [1.29, 1.82) is 0 Å². The third kappa shape index (κ3) is 4.71. The molecule has 0 atom stereocenters. The Balaban J connectivity index is 2.66. The van der Waals surface area contributed by atoms with Crippen molar-refractivity contribution in [1.82, 2.24) is 4.90 Å². The number of nitrogens with zero attached hydrogens (tertiary/aromatic N) is 1. The Labute approximate surface area is 102 Å². The number of hydrogen-bond acceptors (Lipinski definition) is 2. The van der Waals surface area contributed by atoms with Crippen molar-refractivity contribution in [2.45, 2.75) is 13.3 Å². The van der Waals surface area contributed by atoms with E-state index in [2.05, 4.69) is 11.8 Å². The van der Waals surface area contributed by atoms with Gasteiger partial charge in [0, 0.05) is 24.6 Å². The summed E-state index contributed by atoms with van der Waals surface area (Å²) in [4.78, 5) is 13.3. The number of rotatable bonds is 4. The first-order valence-corrected chi connectivity index (χ1v) is 5.74. The second kappa shape index (κ2) is 7.48. The van der Waals surface area contributed by atoms with Crippen LogP contribution in [-0.2, 0) is 4.79 Å². The fourth-order valence-electron chi connectivity index (χ4n) is 1.43. The molecule has 0 aliphatic carbocycles. The molecule has 1 N–H and O–H groups in total. The van der Waals surface area contributed by atoms with Gasteiger partial charge in [-0.25, -0.2) is 0 Å². The molecule has 1 aromatic carbocycles. The van der Waals surface area contributed by atoms with Gasteiger partial charge in [-0.3, -0.25) is 4.79 Å². The third-order valence-electron chi connectivity index (χ3n) is 2.24. The van der Waals surface area contributed by atoms with E-state index in [0.717, 1.165) is 12.0 Å². The Kier molecular flexibility index (Phi) is 5.84. The van der Waals surface area contributed by atoms with Crippen molar-refractivity contribution in [3.8, 4) is 11.8 Å². The van der Waals surface area contributed by atoms with Crippen molar-refractivity contribution < 1.29 is 9.90 Å². The zero-order valence-corrected chi connectivity index (χ0v) is 10.0. The van der Waals surface area contributed by atoms with Crippen LogP contribution in [0.15, 0.2) is 30.3 Å². The van der Waals surface area contributed by atoms with Gasteiger partial charge in [-0.2, -0.15) is 0 Å². The molecule has 3 heteroatoms. The summed E-state index contributed by atoms with van der Waals surface area (Å²) < 4.78 is 0. The molecule has 0 unspecified atom stereocenters. The Morgan fingerprint density at radius 3 is 2.59 bits per heavy atom. The summed E-state index contributed by atoms with van der Waals surface area (Å²) in [5, 5.41) is 8.86. The van der Waals surface area contributed by atoms with Crippen LogP contribution in [0.5, 0.6) is 0 Å². The average molecular weight is 231 g/mol. The summed E-state index contributed by atoms with van der Waals surface area (Å²) in [6, 6.07) is 9.38. The van der Waals surface area contributed by atoms with Gasteiger partial charge in [-0.05, 0) is 18.6 Å². The number of aliphatic hydroxyl groups excluding tert-OH is 1. The summed E-state index contributed by atoms with van der Waals surface area (Å²) in [5.41, 5.74) is 0.821. The monoisotopic (exact) mass is 231 g/mol. The first-order chi connectivity index (χ1) is 8.27. The fourth-order valence-corrected chi connectivity index (χ4v) is 1.43. The number of hydrogen-bond donors (Lipinski definition) is 1. The Morgan fingerprint density at radius 2 is 2.00 bits per heavy atom.